The molecule has 0 aromatic carbocycles. The van der Waals surface area contributed by atoms with Gasteiger partial charge in [0.2, 0.25) is 0 Å². The first-order valence-corrected chi connectivity index (χ1v) is 3.17. The average molecular weight is 126 g/mol. The van der Waals surface area contributed by atoms with Crippen molar-refractivity contribution in [2.45, 2.75) is 19.3 Å². The van der Waals surface area contributed by atoms with Gasteiger partial charge in [0.05, 0.1) is 6.61 Å². The van der Waals surface area contributed by atoms with Gasteiger partial charge < -0.3 is 5.11 Å². The molecule has 1 aliphatic carbocycles. The first kappa shape index (κ1) is 6.49. The SMILES string of the molecule is O=C1CCCC=C1CO. The van der Waals surface area contributed by atoms with Crippen molar-refractivity contribution >= 4 is 5.78 Å². The molecule has 9 heavy (non-hydrogen) atoms. The summed E-state index contributed by atoms with van der Waals surface area (Å²) < 4.78 is 0. The molecule has 0 heterocycles. The molecule has 0 aromatic heterocycles. The van der Waals surface area contributed by atoms with E-state index in [9.17, 15) is 4.79 Å². The summed E-state index contributed by atoms with van der Waals surface area (Å²) in [5.41, 5.74) is 0.598. The van der Waals surface area contributed by atoms with Crippen LogP contribution in [0.4, 0.5) is 0 Å². The van der Waals surface area contributed by atoms with E-state index in [1.165, 1.54) is 0 Å². The minimum atomic E-state index is -0.0845. The number of aliphatic hydroxyl groups is 1. The van der Waals surface area contributed by atoms with Gasteiger partial charge in [-0.3, -0.25) is 4.79 Å². The van der Waals surface area contributed by atoms with E-state index in [1.54, 1.807) is 0 Å². The molecule has 50 valence electrons. The van der Waals surface area contributed by atoms with Crippen LogP contribution in [0.15, 0.2) is 11.6 Å². The lowest BCUT2D eigenvalue weighted by Crippen LogP contribution is -2.09. The lowest BCUT2D eigenvalue weighted by molar-refractivity contribution is -0.116. The molecule has 0 atom stereocenters. The van der Waals surface area contributed by atoms with Crippen LogP contribution in [-0.4, -0.2) is 17.5 Å². The van der Waals surface area contributed by atoms with Crippen molar-refractivity contribution in [2.75, 3.05) is 6.61 Å². The minimum absolute atomic E-state index is 0.0845. The highest BCUT2D eigenvalue weighted by Gasteiger charge is 2.10. The number of carbonyl (C=O) groups is 1. The summed E-state index contributed by atoms with van der Waals surface area (Å²) in [6.45, 7) is -0.0845. The van der Waals surface area contributed by atoms with Crippen molar-refractivity contribution < 1.29 is 9.90 Å². The Labute approximate surface area is 54.2 Å². The molecule has 0 radical (unpaired) electrons. The second kappa shape index (κ2) is 2.78. The van der Waals surface area contributed by atoms with Gasteiger partial charge in [0.15, 0.2) is 5.78 Å². The van der Waals surface area contributed by atoms with Gasteiger partial charge in [-0.25, -0.2) is 0 Å². The molecule has 0 bridgehead atoms. The average Bonchev–Trinajstić information content (AvgIpc) is 1.89. The monoisotopic (exact) mass is 126 g/mol. The van der Waals surface area contributed by atoms with Gasteiger partial charge in [-0.1, -0.05) is 6.08 Å². The number of aliphatic hydroxyl groups excluding tert-OH is 1. The molecule has 2 heteroatoms. The van der Waals surface area contributed by atoms with E-state index < -0.39 is 0 Å². The molecule has 2 nitrogen and oxygen atoms in total. The molecule has 0 fully saturated rings. The summed E-state index contributed by atoms with van der Waals surface area (Å²) in [4.78, 5) is 10.8. The van der Waals surface area contributed by atoms with Crippen LogP contribution in [0.1, 0.15) is 19.3 Å². The van der Waals surface area contributed by atoms with Gasteiger partial charge in [0.1, 0.15) is 0 Å². The highest BCUT2D eigenvalue weighted by Crippen LogP contribution is 2.12. The van der Waals surface area contributed by atoms with E-state index >= 15 is 0 Å². The smallest absolute Gasteiger partial charge is 0.160 e. The Hall–Kier alpha value is -0.630. The van der Waals surface area contributed by atoms with Crippen LogP contribution in [0, 0.1) is 0 Å². The molecule has 1 aliphatic rings. The third-order valence-electron chi connectivity index (χ3n) is 1.53. The van der Waals surface area contributed by atoms with Crippen LogP contribution in [0.25, 0.3) is 0 Å². The summed E-state index contributed by atoms with van der Waals surface area (Å²) in [5, 5.41) is 8.57. The van der Waals surface area contributed by atoms with E-state index in [4.69, 9.17) is 5.11 Å². The highest BCUT2D eigenvalue weighted by atomic mass is 16.3. The van der Waals surface area contributed by atoms with Crippen LogP contribution in [0.2, 0.25) is 0 Å². The van der Waals surface area contributed by atoms with Gasteiger partial charge in [-0.2, -0.15) is 0 Å². The molecule has 0 unspecified atom stereocenters. The number of hydrogen-bond donors (Lipinski definition) is 1. The molecule has 0 saturated carbocycles. The van der Waals surface area contributed by atoms with E-state index in [1.807, 2.05) is 6.08 Å². The van der Waals surface area contributed by atoms with Gasteiger partial charge >= 0.3 is 0 Å². The van der Waals surface area contributed by atoms with Crippen LogP contribution < -0.4 is 0 Å². The van der Waals surface area contributed by atoms with Crippen molar-refractivity contribution in [3.05, 3.63) is 11.6 Å². The van der Waals surface area contributed by atoms with Gasteiger partial charge in [0, 0.05) is 12.0 Å². The summed E-state index contributed by atoms with van der Waals surface area (Å²) in [7, 11) is 0. The Morgan fingerprint density at radius 3 is 2.89 bits per heavy atom. The first-order valence-electron chi connectivity index (χ1n) is 3.17. The second-order valence-electron chi connectivity index (χ2n) is 2.20. The van der Waals surface area contributed by atoms with Gasteiger partial charge in [-0.05, 0) is 12.8 Å². The fourth-order valence-corrected chi connectivity index (χ4v) is 0.966. The Balaban J connectivity index is 2.64. The zero-order valence-electron chi connectivity index (χ0n) is 5.26. The maximum atomic E-state index is 10.8. The molecule has 1 rings (SSSR count). The number of rotatable bonds is 1. The van der Waals surface area contributed by atoms with Crippen molar-refractivity contribution in [3.63, 3.8) is 0 Å². The number of allylic oxidation sites excluding steroid dienone is 1. The molecular weight excluding hydrogens is 116 g/mol. The van der Waals surface area contributed by atoms with E-state index in [0.717, 1.165) is 12.8 Å². The second-order valence-corrected chi connectivity index (χ2v) is 2.20. The van der Waals surface area contributed by atoms with Gasteiger partial charge in [-0.15, -0.1) is 0 Å². The highest BCUT2D eigenvalue weighted by molar-refractivity contribution is 5.96. The first-order chi connectivity index (χ1) is 4.34. The zero-order valence-corrected chi connectivity index (χ0v) is 5.26. The Morgan fingerprint density at radius 2 is 2.44 bits per heavy atom. The quantitative estimate of drug-likeness (QED) is 0.560. The van der Waals surface area contributed by atoms with Crippen molar-refractivity contribution in [1.29, 1.82) is 0 Å². The van der Waals surface area contributed by atoms with E-state index in [0.29, 0.717) is 12.0 Å². The maximum absolute atomic E-state index is 10.8. The molecule has 1 N–H and O–H groups in total. The maximum Gasteiger partial charge on any atom is 0.160 e. The van der Waals surface area contributed by atoms with Crippen LogP contribution in [-0.2, 0) is 4.79 Å². The zero-order chi connectivity index (χ0) is 6.69. The number of hydrogen-bond acceptors (Lipinski definition) is 2. The van der Waals surface area contributed by atoms with E-state index in [-0.39, 0.29) is 12.4 Å². The fourth-order valence-electron chi connectivity index (χ4n) is 0.966. The molecule has 0 aliphatic heterocycles. The normalized spacial score (nSPS) is 19.7. The summed E-state index contributed by atoms with van der Waals surface area (Å²) in [6, 6.07) is 0. The number of Topliss-reactive ketones (excluding diaryl/α,β-unsaturated/α-hetero) is 1. The third-order valence-corrected chi connectivity index (χ3v) is 1.53. The Kier molecular flexibility index (Phi) is 2.01. The predicted octanol–water partition coefficient (Wildman–Crippen LogP) is 0.658. The van der Waals surface area contributed by atoms with Crippen molar-refractivity contribution in [2.24, 2.45) is 0 Å². The Bertz CT molecular complexity index is 147. The molecular formula is C7H10O2. The molecule has 0 spiro atoms. The predicted molar refractivity (Wildman–Crippen MR) is 34.0 cm³/mol. The van der Waals surface area contributed by atoms with Crippen molar-refractivity contribution in [1.82, 2.24) is 0 Å². The van der Waals surface area contributed by atoms with Crippen LogP contribution in [0.5, 0.6) is 0 Å². The molecule has 0 saturated heterocycles. The van der Waals surface area contributed by atoms with Crippen LogP contribution in [0.3, 0.4) is 0 Å². The Morgan fingerprint density at radius 1 is 1.67 bits per heavy atom. The summed E-state index contributed by atoms with van der Waals surface area (Å²) in [5.74, 6) is 0.115. The third kappa shape index (κ3) is 1.39. The minimum Gasteiger partial charge on any atom is -0.392 e. The molecule has 0 amide bonds. The van der Waals surface area contributed by atoms with Crippen molar-refractivity contribution in [3.8, 4) is 0 Å². The van der Waals surface area contributed by atoms with Crippen LogP contribution >= 0.6 is 0 Å². The number of carbonyl (C=O) groups excluding carboxylic acids is 1. The number of ketones is 1. The lowest BCUT2D eigenvalue weighted by Gasteiger charge is -2.07. The largest absolute Gasteiger partial charge is 0.392 e. The topological polar surface area (TPSA) is 37.3 Å². The standard InChI is InChI=1S/C7H10O2/c8-5-6-3-1-2-4-7(6)9/h3,8H,1-2,4-5H2. The lowest BCUT2D eigenvalue weighted by atomic mass is 9.99. The summed E-state index contributed by atoms with van der Waals surface area (Å²) in [6.07, 6.45) is 4.34. The van der Waals surface area contributed by atoms with Gasteiger partial charge in [0.25, 0.3) is 0 Å². The fraction of sp³-hybridized carbons (Fsp3) is 0.571. The summed E-state index contributed by atoms with van der Waals surface area (Å²) >= 11 is 0. The van der Waals surface area contributed by atoms with E-state index in [2.05, 4.69) is 0 Å². The molecule has 0 aromatic rings.